The summed E-state index contributed by atoms with van der Waals surface area (Å²) in [6.45, 7) is 2.28. The normalized spacial score (nSPS) is 21.9. The highest BCUT2D eigenvalue weighted by Gasteiger charge is 2.44. The first-order chi connectivity index (χ1) is 16.9. The van der Waals surface area contributed by atoms with Crippen molar-refractivity contribution in [2.24, 2.45) is 0 Å². The predicted octanol–water partition coefficient (Wildman–Crippen LogP) is 3.14. The molecule has 1 aliphatic heterocycles. The molecule has 0 aliphatic carbocycles. The molecule has 0 spiro atoms. The average Bonchev–Trinajstić information content (AvgIpc) is 3.11. The van der Waals surface area contributed by atoms with Crippen LogP contribution in [0.1, 0.15) is 109 Å². The Morgan fingerprint density at radius 1 is 0.914 bits per heavy atom. The Bertz CT molecular complexity index is 839. The Kier molecular flexibility index (Phi) is 13.9. The number of nitrogens with one attached hydrogen (secondary N) is 2. The largest absolute Gasteiger partial charge is 0.387 e. The Labute approximate surface area is 208 Å². The Hall–Kier alpha value is -1.97. The molecule has 1 aromatic rings. The quantitative estimate of drug-likeness (QED) is 0.231. The van der Waals surface area contributed by atoms with Crippen molar-refractivity contribution in [3.8, 4) is 0 Å². The van der Waals surface area contributed by atoms with Crippen LogP contribution >= 0.6 is 0 Å². The molecule has 0 aromatic carbocycles. The topological polar surface area (TPSA) is 134 Å². The summed E-state index contributed by atoms with van der Waals surface area (Å²) in [6, 6.07) is 1.13. The molecule has 1 aromatic heterocycles. The van der Waals surface area contributed by atoms with Crippen molar-refractivity contribution < 1.29 is 19.7 Å². The fourth-order valence-corrected chi connectivity index (χ4v) is 4.54. The van der Waals surface area contributed by atoms with Gasteiger partial charge in [-0.1, -0.05) is 90.4 Å². The molecule has 1 aliphatic rings. The number of aliphatic hydroxyl groups excluding tert-OH is 2. The van der Waals surface area contributed by atoms with Crippen molar-refractivity contribution in [1.29, 1.82) is 0 Å². The van der Waals surface area contributed by atoms with Crippen molar-refractivity contribution in [3.63, 3.8) is 0 Å². The molecule has 1 fully saturated rings. The lowest BCUT2D eigenvalue weighted by Gasteiger charge is -2.16. The lowest BCUT2D eigenvalue weighted by molar-refractivity contribution is -0.122. The summed E-state index contributed by atoms with van der Waals surface area (Å²) >= 11 is 0. The van der Waals surface area contributed by atoms with Crippen LogP contribution in [-0.2, 0) is 9.53 Å². The third kappa shape index (κ3) is 10.7. The fraction of sp³-hybridized carbons (Fsp3) is 0.808. The number of H-pyrrole nitrogens is 1. The smallest absolute Gasteiger partial charge is 0.330 e. The van der Waals surface area contributed by atoms with Crippen molar-refractivity contribution in [1.82, 2.24) is 14.9 Å². The van der Waals surface area contributed by atoms with E-state index in [9.17, 15) is 24.6 Å². The molecule has 35 heavy (non-hydrogen) atoms. The van der Waals surface area contributed by atoms with E-state index in [1.807, 2.05) is 0 Å². The fourth-order valence-electron chi connectivity index (χ4n) is 4.54. The van der Waals surface area contributed by atoms with E-state index in [4.69, 9.17) is 4.74 Å². The van der Waals surface area contributed by atoms with Gasteiger partial charge in [0, 0.05) is 25.2 Å². The second-order valence-electron chi connectivity index (χ2n) is 9.71. The van der Waals surface area contributed by atoms with Crippen molar-refractivity contribution in [3.05, 3.63) is 33.1 Å². The zero-order chi connectivity index (χ0) is 25.5. The van der Waals surface area contributed by atoms with Crippen LogP contribution in [0.3, 0.4) is 0 Å². The summed E-state index contributed by atoms with van der Waals surface area (Å²) in [4.78, 5) is 37.4. The molecular formula is C26H45N3O6. The van der Waals surface area contributed by atoms with Crippen LogP contribution in [-0.4, -0.2) is 50.5 Å². The Morgan fingerprint density at radius 2 is 1.46 bits per heavy atom. The molecule has 1 saturated heterocycles. The molecule has 9 nitrogen and oxygen atoms in total. The van der Waals surface area contributed by atoms with E-state index in [1.54, 1.807) is 0 Å². The number of carbonyl (C=O) groups is 1. The summed E-state index contributed by atoms with van der Waals surface area (Å²) < 4.78 is 6.62. The maximum atomic E-state index is 12.1. The lowest BCUT2D eigenvalue weighted by atomic mass is 10.0. The van der Waals surface area contributed by atoms with Gasteiger partial charge in [0.25, 0.3) is 5.56 Å². The lowest BCUT2D eigenvalue weighted by Crippen LogP contribution is -2.40. The van der Waals surface area contributed by atoms with Gasteiger partial charge >= 0.3 is 5.69 Å². The Balaban J connectivity index is 1.50. The van der Waals surface area contributed by atoms with Gasteiger partial charge in [-0.2, -0.15) is 0 Å². The second kappa shape index (κ2) is 16.7. The standard InChI is InChI=1S/C26H45N3O6/c1-2-3-4-5-6-7-8-9-10-11-12-13-14-15-16-21(30)27-19-20-23(32)24(33)25(35-20)29-18-17-22(31)28-26(29)34/h17-18,20,23-25,32-33H,2-16,19H2,1H3,(H,27,30)(H,28,31,34)/t20-,23-,24-,25-/m1/s1. The van der Waals surface area contributed by atoms with E-state index < -0.39 is 35.8 Å². The van der Waals surface area contributed by atoms with Gasteiger partial charge in [-0.15, -0.1) is 0 Å². The highest BCUT2D eigenvalue weighted by atomic mass is 16.6. The number of unbranched alkanes of at least 4 members (excludes halogenated alkanes) is 13. The summed E-state index contributed by atoms with van der Waals surface area (Å²) in [7, 11) is 0. The van der Waals surface area contributed by atoms with Crippen molar-refractivity contribution in [2.45, 2.75) is 128 Å². The predicted molar refractivity (Wildman–Crippen MR) is 135 cm³/mol. The van der Waals surface area contributed by atoms with E-state index in [1.165, 1.54) is 76.8 Å². The summed E-state index contributed by atoms with van der Waals surface area (Å²) in [6.07, 6.45) is 14.6. The van der Waals surface area contributed by atoms with Gasteiger partial charge in [-0.05, 0) is 6.42 Å². The molecular weight excluding hydrogens is 450 g/mol. The molecule has 200 valence electrons. The summed E-state index contributed by atoms with van der Waals surface area (Å²) in [5.41, 5.74) is -1.30. The highest BCUT2D eigenvalue weighted by molar-refractivity contribution is 5.75. The third-order valence-electron chi connectivity index (χ3n) is 6.72. The van der Waals surface area contributed by atoms with Gasteiger partial charge in [0.15, 0.2) is 6.23 Å². The van der Waals surface area contributed by atoms with Gasteiger partial charge in [0.1, 0.15) is 18.3 Å². The molecule has 2 rings (SSSR count). The zero-order valence-corrected chi connectivity index (χ0v) is 21.3. The number of hydrogen-bond donors (Lipinski definition) is 4. The SMILES string of the molecule is CCCCCCCCCCCCCCCCC(=O)NC[C@H]1O[C@@H](n2ccc(=O)[nH]c2=O)[C@H](O)[C@@H]1O. The van der Waals surface area contributed by atoms with Gasteiger partial charge in [0.2, 0.25) is 5.91 Å². The van der Waals surface area contributed by atoms with Crippen LogP contribution in [0.5, 0.6) is 0 Å². The molecule has 0 unspecified atom stereocenters. The van der Waals surface area contributed by atoms with Crippen molar-refractivity contribution in [2.75, 3.05) is 6.54 Å². The van der Waals surface area contributed by atoms with E-state index in [-0.39, 0.29) is 12.5 Å². The third-order valence-corrected chi connectivity index (χ3v) is 6.72. The number of amides is 1. The average molecular weight is 496 g/mol. The number of ether oxygens (including phenoxy) is 1. The minimum absolute atomic E-state index is 0.0320. The highest BCUT2D eigenvalue weighted by Crippen LogP contribution is 2.27. The van der Waals surface area contributed by atoms with Gasteiger partial charge in [-0.25, -0.2) is 4.79 Å². The number of nitrogens with zero attached hydrogens (tertiary/aromatic N) is 1. The van der Waals surface area contributed by atoms with Crippen LogP contribution in [0.25, 0.3) is 0 Å². The van der Waals surface area contributed by atoms with E-state index in [2.05, 4.69) is 17.2 Å². The second-order valence-corrected chi connectivity index (χ2v) is 9.71. The van der Waals surface area contributed by atoms with E-state index >= 15 is 0 Å². The summed E-state index contributed by atoms with van der Waals surface area (Å²) in [5.74, 6) is -0.126. The van der Waals surface area contributed by atoms with Gasteiger partial charge in [-0.3, -0.25) is 19.1 Å². The number of hydrogen-bond acceptors (Lipinski definition) is 6. The molecule has 4 N–H and O–H groups in total. The van der Waals surface area contributed by atoms with Crippen LogP contribution in [0.4, 0.5) is 0 Å². The number of aliphatic hydroxyl groups is 2. The molecule has 0 radical (unpaired) electrons. The minimum atomic E-state index is -1.36. The molecule has 0 bridgehead atoms. The maximum absolute atomic E-state index is 12.1. The zero-order valence-electron chi connectivity index (χ0n) is 21.3. The first-order valence-electron chi connectivity index (χ1n) is 13.5. The van der Waals surface area contributed by atoms with Crippen LogP contribution in [0.15, 0.2) is 21.9 Å². The van der Waals surface area contributed by atoms with Crippen LogP contribution in [0.2, 0.25) is 0 Å². The molecule has 9 heteroatoms. The number of aromatic amines is 1. The number of aromatic nitrogens is 2. The molecule has 0 saturated carbocycles. The van der Waals surface area contributed by atoms with E-state index in [0.29, 0.717) is 6.42 Å². The molecule has 4 atom stereocenters. The number of carbonyl (C=O) groups excluding carboxylic acids is 1. The maximum Gasteiger partial charge on any atom is 0.330 e. The summed E-state index contributed by atoms with van der Waals surface area (Å²) in [5, 5.41) is 23.2. The monoisotopic (exact) mass is 495 g/mol. The van der Waals surface area contributed by atoms with Gasteiger partial charge < -0.3 is 20.3 Å². The first-order valence-corrected chi connectivity index (χ1v) is 13.5. The molecule has 1 amide bonds. The number of rotatable bonds is 18. The minimum Gasteiger partial charge on any atom is -0.387 e. The first kappa shape index (κ1) is 29.3. The van der Waals surface area contributed by atoms with E-state index in [0.717, 1.165) is 29.9 Å². The Morgan fingerprint density at radius 3 is 2.00 bits per heavy atom. The van der Waals surface area contributed by atoms with Gasteiger partial charge in [0.05, 0.1) is 0 Å². The van der Waals surface area contributed by atoms with Crippen LogP contribution < -0.4 is 16.6 Å². The van der Waals surface area contributed by atoms with Crippen LogP contribution in [0, 0.1) is 0 Å². The molecule has 2 heterocycles. The van der Waals surface area contributed by atoms with Crippen molar-refractivity contribution >= 4 is 5.91 Å².